The summed E-state index contributed by atoms with van der Waals surface area (Å²) in [6.07, 6.45) is 1.95. The second-order valence-corrected chi connectivity index (χ2v) is 9.04. The molecule has 0 fully saturated rings. The van der Waals surface area contributed by atoms with Crippen LogP contribution in [-0.2, 0) is 5.41 Å². The van der Waals surface area contributed by atoms with Gasteiger partial charge in [0, 0.05) is 16.6 Å². The molecule has 4 rings (SSSR count). The number of hydrogen-bond acceptors (Lipinski definition) is 2. The van der Waals surface area contributed by atoms with Crippen LogP contribution in [-0.4, -0.2) is 4.98 Å². The van der Waals surface area contributed by atoms with Gasteiger partial charge in [-0.25, -0.2) is 0 Å². The van der Waals surface area contributed by atoms with Crippen molar-refractivity contribution in [2.45, 2.75) is 40.0 Å². The van der Waals surface area contributed by atoms with E-state index in [2.05, 4.69) is 77.1 Å². The van der Waals surface area contributed by atoms with Crippen LogP contribution in [0, 0.1) is 13.8 Å². The Bertz CT molecular complexity index is 1100. The Morgan fingerprint density at radius 2 is 1.68 bits per heavy atom. The fourth-order valence-electron chi connectivity index (χ4n) is 3.54. The first kappa shape index (κ1) is 16.3. The minimum absolute atomic E-state index is 0.0881. The minimum Gasteiger partial charge on any atom is -0.255 e. The van der Waals surface area contributed by atoms with E-state index in [9.17, 15) is 0 Å². The molecule has 4 aromatic rings. The maximum Gasteiger partial charge on any atom is 0.0880 e. The van der Waals surface area contributed by atoms with Gasteiger partial charge >= 0.3 is 0 Å². The van der Waals surface area contributed by atoms with E-state index in [1.165, 1.54) is 42.4 Å². The van der Waals surface area contributed by atoms with Crippen LogP contribution in [0.5, 0.6) is 0 Å². The molecule has 126 valence electrons. The average molecular weight is 346 g/mol. The van der Waals surface area contributed by atoms with Gasteiger partial charge in [0.25, 0.3) is 0 Å². The normalized spacial score (nSPS) is 12.2. The molecule has 2 heterocycles. The number of pyridine rings is 1. The van der Waals surface area contributed by atoms with Gasteiger partial charge < -0.3 is 0 Å². The van der Waals surface area contributed by atoms with E-state index in [-0.39, 0.29) is 5.41 Å². The first-order chi connectivity index (χ1) is 11.9. The summed E-state index contributed by atoms with van der Waals surface area (Å²) in [6.45, 7) is 11.3. The lowest BCUT2D eigenvalue weighted by molar-refractivity contribution is 0.596. The molecule has 2 heteroatoms. The fraction of sp³-hybridized carbons (Fsp3) is 0.261. The van der Waals surface area contributed by atoms with E-state index in [1.54, 1.807) is 0 Å². The van der Waals surface area contributed by atoms with Crippen molar-refractivity contribution in [1.29, 1.82) is 0 Å². The molecule has 0 saturated heterocycles. The van der Waals surface area contributed by atoms with Crippen LogP contribution >= 0.6 is 11.3 Å². The van der Waals surface area contributed by atoms with Gasteiger partial charge in [0.2, 0.25) is 0 Å². The Hall–Kier alpha value is -2.19. The number of thiophene rings is 1. The van der Waals surface area contributed by atoms with Crippen molar-refractivity contribution in [3.8, 4) is 11.3 Å². The quantitative estimate of drug-likeness (QED) is 0.361. The fourth-order valence-corrected chi connectivity index (χ4v) is 4.71. The lowest BCUT2D eigenvalue weighted by atomic mass is 9.82. The van der Waals surface area contributed by atoms with Crippen LogP contribution in [0.25, 0.3) is 32.1 Å². The van der Waals surface area contributed by atoms with E-state index >= 15 is 0 Å². The van der Waals surface area contributed by atoms with Crippen LogP contribution in [0.4, 0.5) is 0 Å². The lowest BCUT2D eigenvalue weighted by Gasteiger charge is -2.22. The first-order valence-electron chi connectivity index (χ1n) is 8.74. The molecule has 0 bridgehead atoms. The number of fused-ring (bicyclic) bond motifs is 2. The van der Waals surface area contributed by atoms with Crippen molar-refractivity contribution in [2.75, 3.05) is 0 Å². The van der Waals surface area contributed by atoms with E-state index in [4.69, 9.17) is 4.98 Å². The highest BCUT2D eigenvalue weighted by Crippen LogP contribution is 2.39. The van der Waals surface area contributed by atoms with Gasteiger partial charge in [0.1, 0.15) is 0 Å². The third kappa shape index (κ3) is 2.65. The lowest BCUT2D eigenvalue weighted by Crippen LogP contribution is -2.12. The van der Waals surface area contributed by atoms with Crippen molar-refractivity contribution < 1.29 is 0 Å². The molecule has 25 heavy (non-hydrogen) atoms. The highest BCUT2D eigenvalue weighted by Gasteiger charge is 2.20. The van der Waals surface area contributed by atoms with Crippen LogP contribution < -0.4 is 0 Å². The molecule has 2 aromatic heterocycles. The first-order valence-corrected chi connectivity index (χ1v) is 9.56. The van der Waals surface area contributed by atoms with Crippen molar-refractivity contribution in [2.24, 2.45) is 0 Å². The molecule has 0 radical (unpaired) electrons. The number of aryl methyl sites for hydroxylation is 2. The number of benzene rings is 2. The number of nitrogens with zero attached hydrogens (tertiary/aromatic N) is 1. The van der Waals surface area contributed by atoms with Crippen molar-refractivity contribution in [1.82, 2.24) is 4.98 Å². The Labute approximate surface area is 153 Å². The molecule has 0 unspecified atom stereocenters. The van der Waals surface area contributed by atoms with Crippen LogP contribution in [0.2, 0.25) is 0 Å². The SMILES string of the molecule is Cc1sc2c(-c3cc(C(C)(C)C)c4ccccc4c3)nccc2c1C. The summed E-state index contributed by atoms with van der Waals surface area (Å²) in [5, 5.41) is 3.95. The summed E-state index contributed by atoms with van der Waals surface area (Å²) in [4.78, 5) is 6.15. The molecule has 2 aromatic carbocycles. The molecule has 0 N–H and O–H groups in total. The highest BCUT2D eigenvalue weighted by molar-refractivity contribution is 7.19. The zero-order chi connectivity index (χ0) is 17.8. The number of rotatable bonds is 1. The van der Waals surface area contributed by atoms with Crippen LogP contribution in [0.1, 0.15) is 36.8 Å². The summed E-state index contributed by atoms with van der Waals surface area (Å²) in [7, 11) is 0. The summed E-state index contributed by atoms with van der Waals surface area (Å²) in [6, 6.07) is 15.5. The number of aromatic nitrogens is 1. The molecule has 0 aliphatic heterocycles. The van der Waals surface area contributed by atoms with E-state index in [1.807, 2.05) is 17.5 Å². The largest absolute Gasteiger partial charge is 0.255 e. The number of hydrogen-bond donors (Lipinski definition) is 0. The average Bonchev–Trinajstić information content (AvgIpc) is 2.88. The van der Waals surface area contributed by atoms with Crippen molar-refractivity contribution in [3.05, 3.63) is 64.7 Å². The summed E-state index contributed by atoms with van der Waals surface area (Å²) in [5.41, 5.74) is 5.17. The second-order valence-electron chi connectivity index (χ2n) is 7.81. The Balaban J connectivity index is 2.07. The van der Waals surface area contributed by atoms with Gasteiger partial charge in [-0.2, -0.15) is 0 Å². The molecule has 0 aliphatic rings. The molecule has 0 amide bonds. The van der Waals surface area contributed by atoms with Crippen molar-refractivity contribution in [3.63, 3.8) is 0 Å². The third-order valence-corrected chi connectivity index (χ3v) is 6.26. The second kappa shape index (κ2) is 5.67. The van der Waals surface area contributed by atoms with E-state index in [0.717, 1.165) is 5.69 Å². The minimum atomic E-state index is 0.0881. The Kier molecular flexibility index (Phi) is 3.69. The standard InChI is InChI=1S/C23H23NS/c1-14-15(2)25-22-18(14)10-11-24-21(22)17-12-16-8-6-7-9-19(16)20(13-17)23(3,4)5/h6-13H,1-5H3. The molecule has 0 spiro atoms. The molecular formula is C23H23NS. The van der Waals surface area contributed by atoms with Gasteiger partial charge in [-0.3, -0.25) is 4.98 Å². The molecule has 0 atom stereocenters. The van der Waals surface area contributed by atoms with Crippen molar-refractivity contribution >= 4 is 32.2 Å². The molecule has 1 nitrogen and oxygen atoms in total. The van der Waals surface area contributed by atoms with E-state index in [0.29, 0.717) is 0 Å². The van der Waals surface area contributed by atoms with Gasteiger partial charge in [-0.05, 0) is 64.7 Å². The summed E-state index contributed by atoms with van der Waals surface area (Å²) in [5.74, 6) is 0. The maximum atomic E-state index is 4.77. The summed E-state index contributed by atoms with van der Waals surface area (Å²) < 4.78 is 1.30. The van der Waals surface area contributed by atoms with Gasteiger partial charge in [0.05, 0.1) is 10.4 Å². The monoisotopic (exact) mass is 345 g/mol. The predicted octanol–water partition coefficient (Wildman–Crippen LogP) is 7.03. The van der Waals surface area contributed by atoms with Gasteiger partial charge in [0.15, 0.2) is 0 Å². The Morgan fingerprint density at radius 1 is 0.920 bits per heavy atom. The zero-order valence-corrected chi connectivity index (χ0v) is 16.3. The van der Waals surface area contributed by atoms with Gasteiger partial charge in [-0.1, -0.05) is 45.0 Å². The third-order valence-electron chi connectivity index (χ3n) is 5.04. The maximum absolute atomic E-state index is 4.77. The van der Waals surface area contributed by atoms with Crippen LogP contribution in [0.15, 0.2) is 48.7 Å². The predicted molar refractivity (Wildman–Crippen MR) is 111 cm³/mol. The summed E-state index contributed by atoms with van der Waals surface area (Å²) >= 11 is 1.86. The molecule has 0 saturated carbocycles. The molecule has 0 aliphatic carbocycles. The topological polar surface area (TPSA) is 12.9 Å². The Morgan fingerprint density at radius 3 is 2.44 bits per heavy atom. The van der Waals surface area contributed by atoms with Crippen LogP contribution in [0.3, 0.4) is 0 Å². The van der Waals surface area contributed by atoms with E-state index < -0.39 is 0 Å². The highest BCUT2D eigenvalue weighted by atomic mass is 32.1. The molecular weight excluding hydrogens is 322 g/mol. The smallest absolute Gasteiger partial charge is 0.0880 e. The zero-order valence-electron chi connectivity index (χ0n) is 15.5. The van der Waals surface area contributed by atoms with Gasteiger partial charge in [-0.15, -0.1) is 11.3 Å².